The van der Waals surface area contributed by atoms with Gasteiger partial charge in [0.2, 0.25) is 0 Å². The minimum atomic E-state index is -3.79. The van der Waals surface area contributed by atoms with Gasteiger partial charge in [-0.1, -0.05) is 24.3 Å². The number of piperidine rings is 1. The fourth-order valence-corrected chi connectivity index (χ4v) is 7.47. The van der Waals surface area contributed by atoms with E-state index in [0.29, 0.717) is 11.6 Å². The average Bonchev–Trinajstić information content (AvgIpc) is 3.64. The van der Waals surface area contributed by atoms with E-state index in [1.165, 1.54) is 9.55 Å². The molecule has 0 atom stereocenters. The van der Waals surface area contributed by atoms with E-state index in [4.69, 9.17) is 4.98 Å². The summed E-state index contributed by atoms with van der Waals surface area (Å²) in [4.78, 5) is 12.3. The third kappa shape index (κ3) is 4.13. The first kappa shape index (κ1) is 22.6. The van der Waals surface area contributed by atoms with Crippen LogP contribution in [-0.4, -0.2) is 47.4 Å². The maximum Gasteiger partial charge on any atom is 0.269 e. The molecule has 4 heterocycles. The number of hydrogen-bond acceptors (Lipinski definition) is 6. The summed E-state index contributed by atoms with van der Waals surface area (Å²) in [6, 6.07) is 10.6. The topological polar surface area (TPSA) is 68.1 Å². The lowest BCUT2D eigenvalue weighted by Crippen LogP contribution is -2.29. The third-order valence-corrected chi connectivity index (χ3v) is 9.86. The van der Waals surface area contributed by atoms with Crippen molar-refractivity contribution in [2.24, 2.45) is 0 Å². The Morgan fingerprint density at radius 2 is 1.91 bits per heavy atom. The molecule has 35 heavy (non-hydrogen) atoms. The van der Waals surface area contributed by atoms with Crippen LogP contribution in [0.2, 0.25) is 0 Å². The second kappa shape index (κ2) is 9.00. The van der Waals surface area contributed by atoms with E-state index in [2.05, 4.69) is 34.5 Å². The molecule has 1 aliphatic heterocycles. The fraction of sp³-hybridized carbons (Fsp3) is 0.333. The van der Waals surface area contributed by atoms with Crippen molar-refractivity contribution in [1.82, 2.24) is 18.8 Å². The third-order valence-electron chi connectivity index (χ3n) is 7.19. The molecule has 180 valence electrons. The molecule has 1 saturated heterocycles. The second-order valence-corrected chi connectivity index (χ2v) is 12.2. The first-order valence-electron chi connectivity index (χ1n) is 12.2. The van der Waals surface area contributed by atoms with Crippen LogP contribution in [0.5, 0.6) is 0 Å². The lowest BCUT2D eigenvalue weighted by atomic mass is 9.98. The Morgan fingerprint density at radius 1 is 1.11 bits per heavy atom. The van der Waals surface area contributed by atoms with Crippen LogP contribution in [0.4, 0.5) is 0 Å². The van der Waals surface area contributed by atoms with Gasteiger partial charge in [0, 0.05) is 34.6 Å². The molecule has 0 amide bonds. The van der Waals surface area contributed by atoms with Gasteiger partial charge in [-0.15, -0.1) is 11.3 Å². The number of aromatic nitrogens is 3. The molecule has 0 saturated carbocycles. The van der Waals surface area contributed by atoms with Crippen molar-refractivity contribution in [1.29, 1.82) is 0 Å². The Morgan fingerprint density at radius 3 is 2.66 bits per heavy atom. The molecule has 3 aromatic heterocycles. The van der Waals surface area contributed by atoms with Crippen molar-refractivity contribution < 1.29 is 8.42 Å². The highest BCUT2D eigenvalue weighted by molar-refractivity contribution is 7.90. The normalized spacial score (nSPS) is 17.8. The predicted molar refractivity (Wildman–Crippen MR) is 141 cm³/mol. The number of likely N-dealkylation sites (tertiary alicyclic amines) is 1. The molecule has 1 aromatic carbocycles. The number of nitrogens with zero attached hydrogens (tertiary/aromatic N) is 4. The minimum Gasteiger partial charge on any atom is -0.306 e. The van der Waals surface area contributed by atoms with Crippen molar-refractivity contribution in [3.05, 3.63) is 70.8 Å². The lowest BCUT2D eigenvalue weighted by Gasteiger charge is -2.27. The molecular formula is C27H28N4O2S2. The second-order valence-electron chi connectivity index (χ2n) is 9.52. The number of fused-ring (bicyclic) bond motifs is 1. The van der Waals surface area contributed by atoms with Crippen molar-refractivity contribution in [2.45, 2.75) is 42.9 Å². The summed E-state index contributed by atoms with van der Waals surface area (Å²) >= 11 is 1.68. The monoisotopic (exact) mass is 504 g/mol. The highest BCUT2D eigenvalue weighted by Crippen LogP contribution is 2.38. The number of benzene rings is 1. The van der Waals surface area contributed by atoms with Gasteiger partial charge < -0.3 is 4.90 Å². The van der Waals surface area contributed by atoms with Crippen molar-refractivity contribution in [2.75, 3.05) is 20.1 Å². The quantitative estimate of drug-likeness (QED) is 0.345. The zero-order valence-corrected chi connectivity index (χ0v) is 21.4. The molecule has 8 heteroatoms. The Hall–Kier alpha value is -2.81. The summed E-state index contributed by atoms with van der Waals surface area (Å²) < 4.78 is 28.5. The summed E-state index contributed by atoms with van der Waals surface area (Å²) in [5, 5.41) is 4.04. The van der Waals surface area contributed by atoms with Crippen LogP contribution >= 0.6 is 11.3 Å². The van der Waals surface area contributed by atoms with Gasteiger partial charge in [-0.3, -0.25) is 0 Å². The maximum atomic E-state index is 13.6. The van der Waals surface area contributed by atoms with Gasteiger partial charge in [-0.2, -0.15) is 0 Å². The van der Waals surface area contributed by atoms with E-state index in [1.54, 1.807) is 41.8 Å². The number of thiazole rings is 1. The summed E-state index contributed by atoms with van der Waals surface area (Å²) in [7, 11) is -1.63. The molecule has 0 spiro atoms. The van der Waals surface area contributed by atoms with E-state index in [-0.39, 0.29) is 4.90 Å². The van der Waals surface area contributed by atoms with Gasteiger partial charge in [-0.25, -0.2) is 22.4 Å². The molecule has 2 aliphatic rings. The molecule has 0 bridgehead atoms. The van der Waals surface area contributed by atoms with Gasteiger partial charge >= 0.3 is 0 Å². The van der Waals surface area contributed by atoms with Crippen LogP contribution in [0.1, 0.15) is 48.6 Å². The molecule has 0 radical (unpaired) electrons. The predicted octanol–water partition coefficient (Wildman–Crippen LogP) is 5.77. The smallest absolute Gasteiger partial charge is 0.269 e. The van der Waals surface area contributed by atoms with Crippen molar-refractivity contribution >= 4 is 38.0 Å². The molecule has 6 nitrogen and oxygen atoms in total. The van der Waals surface area contributed by atoms with E-state index >= 15 is 0 Å². The minimum absolute atomic E-state index is 0.248. The molecule has 0 N–H and O–H groups in total. The van der Waals surface area contributed by atoms with Crippen molar-refractivity contribution in [3.63, 3.8) is 0 Å². The summed E-state index contributed by atoms with van der Waals surface area (Å²) in [6.07, 6.45) is 11.3. The average molecular weight is 505 g/mol. The zero-order valence-electron chi connectivity index (χ0n) is 19.7. The summed E-state index contributed by atoms with van der Waals surface area (Å²) in [5.74, 6) is 0.462. The Kier molecular flexibility index (Phi) is 5.82. The first-order valence-corrected chi connectivity index (χ1v) is 14.5. The van der Waals surface area contributed by atoms with E-state index < -0.39 is 10.0 Å². The fourth-order valence-electron chi connectivity index (χ4n) is 5.14. The maximum absolute atomic E-state index is 13.6. The van der Waals surface area contributed by atoms with Crippen LogP contribution in [0.25, 0.3) is 27.9 Å². The van der Waals surface area contributed by atoms with Gasteiger partial charge in [0.05, 0.1) is 15.6 Å². The van der Waals surface area contributed by atoms with Gasteiger partial charge in [0.1, 0.15) is 0 Å². The van der Waals surface area contributed by atoms with E-state index in [0.717, 1.165) is 72.4 Å². The molecule has 0 unspecified atom stereocenters. The largest absolute Gasteiger partial charge is 0.306 e. The lowest BCUT2D eigenvalue weighted by molar-refractivity contribution is 0.255. The van der Waals surface area contributed by atoms with E-state index in [1.807, 2.05) is 12.3 Å². The van der Waals surface area contributed by atoms with Crippen LogP contribution in [0, 0.1) is 0 Å². The Labute approximate surface area is 210 Å². The van der Waals surface area contributed by atoms with Gasteiger partial charge in [0.25, 0.3) is 10.0 Å². The molecular weight excluding hydrogens is 476 g/mol. The molecule has 1 fully saturated rings. The highest BCUT2D eigenvalue weighted by atomic mass is 32.2. The standard InChI is InChI=1S/C27H28N4O2S2/c1-30-13-11-20(12-14-30)27-29-25(18-34-27)24-17-31(35(32,33)22-9-3-2-4-10-22)26-23(24)15-21(16-28-26)19-7-5-6-8-19/h2-4,7,9-10,15-18,20H,5-6,8,11-14H2,1H3. The van der Waals surface area contributed by atoms with Crippen LogP contribution in [-0.2, 0) is 10.0 Å². The molecule has 1 aliphatic carbocycles. The molecule has 4 aromatic rings. The first-order chi connectivity index (χ1) is 17.0. The summed E-state index contributed by atoms with van der Waals surface area (Å²) in [6.45, 7) is 2.16. The molecule has 6 rings (SSSR count). The van der Waals surface area contributed by atoms with E-state index in [9.17, 15) is 8.42 Å². The number of hydrogen-bond donors (Lipinski definition) is 0. The van der Waals surface area contributed by atoms with Crippen LogP contribution in [0.15, 0.2) is 65.1 Å². The van der Waals surface area contributed by atoms with Crippen LogP contribution < -0.4 is 0 Å². The number of pyridine rings is 1. The van der Waals surface area contributed by atoms with Crippen LogP contribution in [0.3, 0.4) is 0 Å². The summed E-state index contributed by atoms with van der Waals surface area (Å²) in [5.41, 5.74) is 4.45. The highest BCUT2D eigenvalue weighted by Gasteiger charge is 2.26. The Bertz CT molecular complexity index is 1510. The number of rotatable bonds is 5. The number of allylic oxidation sites excluding steroid dienone is 2. The SMILES string of the molecule is CN1CCC(c2nc(-c3cn(S(=O)(=O)c4ccccc4)c4ncc(C5=CCCC5)cc34)cs2)CC1. The Balaban J connectivity index is 1.49. The van der Waals surface area contributed by atoms with Gasteiger partial charge in [0.15, 0.2) is 5.65 Å². The van der Waals surface area contributed by atoms with Crippen molar-refractivity contribution in [3.8, 4) is 11.3 Å². The zero-order chi connectivity index (χ0) is 24.0. The van der Waals surface area contributed by atoms with Gasteiger partial charge in [-0.05, 0) is 81.6 Å².